The molecule has 0 fully saturated rings. The zero-order valence-electron chi connectivity index (χ0n) is 20.1. The average Bonchev–Trinajstić information content (AvgIpc) is 3.51. The molecule has 4 aromatic rings. The summed E-state index contributed by atoms with van der Waals surface area (Å²) in [7, 11) is 0. The molecule has 0 radical (unpaired) electrons. The van der Waals surface area contributed by atoms with Crippen LogP contribution in [-0.2, 0) is 16.1 Å². The van der Waals surface area contributed by atoms with Gasteiger partial charge in [0.1, 0.15) is 5.82 Å². The molecule has 7 heteroatoms. The van der Waals surface area contributed by atoms with Crippen molar-refractivity contribution in [3.63, 3.8) is 0 Å². The zero-order valence-corrected chi connectivity index (χ0v) is 20.1. The van der Waals surface area contributed by atoms with Crippen molar-refractivity contribution in [2.24, 2.45) is 0 Å². The molecule has 0 unspecified atom stereocenters. The monoisotopic (exact) mass is 478 g/mol. The second kappa shape index (κ2) is 9.92. The van der Waals surface area contributed by atoms with Crippen LogP contribution >= 0.6 is 0 Å². The Hall–Kier alpha value is -4.65. The van der Waals surface area contributed by atoms with Gasteiger partial charge in [-0.15, -0.1) is 0 Å². The topological polar surface area (TPSA) is 85.2 Å². The van der Waals surface area contributed by atoms with Crippen molar-refractivity contribution >= 4 is 34.5 Å². The Bertz CT molecular complexity index is 1450. The van der Waals surface area contributed by atoms with Gasteiger partial charge >= 0.3 is 5.97 Å². The molecule has 0 atom stereocenters. The largest absolute Gasteiger partial charge is 0.462 e. The highest BCUT2D eigenvalue weighted by Crippen LogP contribution is 2.38. The highest BCUT2D eigenvalue weighted by molar-refractivity contribution is 6.37. The summed E-state index contributed by atoms with van der Waals surface area (Å²) in [6, 6.07) is 22.8. The standard InChI is InChI=1S/C29H26N4O3/c1-3-33-17-16-30-27(33)20-10-13-22(14-11-20)31-26(19-8-6-5-7-9-19)25-23-15-12-21(29(35)36-4-2)18-24(23)32-28(25)34/h5-18,31H,3-4H2,1-2H3,(H,32,34). The van der Waals surface area contributed by atoms with Gasteiger partial charge in [-0.2, -0.15) is 0 Å². The third kappa shape index (κ3) is 4.38. The van der Waals surface area contributed by atoms with E-state index in [0.717, 1.165) is 34.7 Å². The molecule has 1 aliphatic rings. The number of nitrogens with zero attached hydrogens (tertiary/aromatic N) is 2. The van der Waals surface area contributed by atoms with Crippen molar-refractivity contribution in [2.75, 3.05) is 17.2 Å². The predicted molar refractivity (Wildman–Crippen MR) is 141 cm³/mol. The summed E-state index contributed by atoms with van der Waals surface area (Å²) in [6.07, 6.45) is 3.76. The van der Waals surface area contributed by atoms with Crippen LogP contribution < -0.4 is 10.6 Å². The van der Waals surface area contributed by atoms with Crippen LogP contribution in [0.25, 0.3) is 22.7 Å². The number of aryl methyl sites for hydroxylation is 1. The minimum Gasteiger partial charge on any atom is -0.462 e. The molecule has 0 saturated carbocycles. The molecule has 180 valence electrons. The lowest BCUT2D eigenvalue weighted by molar-refractivity contribution is -0.110. The quantitative estimate of drug-likeness (QED) is 0.264. The van der Waals surface area contributed by atoms with E-state index in [1.54, 1.807) is 31.3 Å². The third-order valence-corrected chi connectivity index (χ3v) is 6.06. The van der Waals surface area contributed by atoms with Crippen LogP contribution in [0.3, 0.4) is 0 Å². The smallest absolute Gasteiger partial charge is 0.338 e. The van der Waals surface area contributed by atoms with Gasteiger partial charge in [0, 0.05) is 35.8 Å². The Labute approximate surface area is 209 Å². The molecule has 3 aromatic carbocycles. The molecule has 0 aliphatic carbocycles. The van der Waals surface area contributed by atoms with Crippen LogP contribution in [0.2, 0.25) is 0 Å². The number of carbonyl (C=O) groups excluding carboxylic acids is 2. The number of hydrogen-bond acceptors (Lipinski definition) is 5. The number of ether oxygens (including phenoxy) is 1. The Morgan fingerprint density at radius 3 is 2.50 bits per heavy atom. The first-order valence-electron chi connectivity index (χ1n) is 11.9. The van der Waals surface area contributed by atoms with Gasteiger partial charge in [-0.1, -0.05) is 36.4 Å². The highest BCUT2D eigenvalue weighted by atomic mass is 16.5. The van der Waals surface area contributed by atoms with Gasteiger partial charge in [0.25, 0.3) is 5.91 Å². The molecule has 1 amide bonds. The number of nitrogens with one attached hydrogen (secondary N) is 2. The maximum absolute atomic E-state index is 13.2. The Balaban J connectivity index is 1.55. The van der Waals surface area contributed by atoms with Crippen molar-refractivity contribution in [2.45, 2.75) is 20.4 Å². The van der Waals surface area contributed by atoms with Gasteiger partial charge < -0.3 is 19.9 Å². The number of fused-ring (bicyclic) bond motifs is 1. The molecular weight excluding hydrogens is 452 g/mol. The molecular formula is C29H26N4O3. The molecule has 7 nitrogen and oxygen atoms in total. The summed E-state index contributed by atoms with van der Waals surface area (Å²) in [5, 5.41) is 6.37. The number of carbonyl (C=O) groups is 2. The third-order valence-electron chi connectivity index (χ3n) is 6.06. The molecule has 2 N–H and O–H groups in total. The van der Waals surface area contributed by atoms with Crippen LogP contribution in [0.15, 0.2) is 85.2 Å². The maximum Gasteiger partial charge on any atom is 0.338 e. The van der Waals surface area contributed by atoms with Crippen LogP contribution in [-0.4, -0.2) is 28.0 Å². The first-order valence-corrected chi connectivity index (χ1v) is 11.9. The van der Waals surface area contributed by atoms with Crippen molar-refractivity contribution in [3.8, 4) is 11.4 Å². The number of amides is 1. The first-order chi connectivity index (χ1) is 17.6. The molecule has 1 aliphatic heterocycles. The maximum atomic E-state index is 13.2. The zero-order chi connectivity index (χ0) is 25.1. The summed E-state index contributed by atoms with van der Waals surface area (Å²) in [5.41, 5.74) is 5.61. The van der Waals surface area contributed by atoms with Gasteiger partial charge in [-0.25, -0.2) is 9.78 Å². The fourth-order valence-corrected chi connectivity index (χ4v) is 4.32. The minimum absolute atomic E-state index is 0.237. The van der Waals surface area contributed by atoms with Crippen molar-refractivity contribution < 1.29 is 14.3 Å². The lowest BCUT2D eigenvalue weighted by Gasteiger charge is -2.15. The fourth-order valence-electron chi connectivity index (χ4n) is 4.32. The molecule has 36 heavy (non-hydrogen) atoms. The van der Waals surface area contributed by atoms with E-state index in [0.29, 0.717) is 22.5 Å². The second-order valence-corrected chi connectivity index (χ2v) is 8.29. The van der Waals surface area contributed by atoms with Crippen molar-refractivity contribution in [1.82, 2.24) is 9.55 Å². The Kier molecular flexibility index (Phi) is 6.36. The van der Waals surface area contributed by atoms with Gasteiger partial charge in [0.15, 0.2) is 0 Å². The minimum atomic E-state index is -0.419. The van der Waals surface area contributed by atoms with Crippen LogP contribution in [0.1, 0.15) is 35.3 Å². The van der Waals surface area contributed by atoms with E-state index >= 15 is 0 Å². The number of rotatable bonds is 7. The van der Waals surface area contributed by atoms with Crippen molar-refractivity contribution in [1.29, 1.82) is 0 Å². The summed E-state index contributed by atoms with van der Waals surface area (Å²) in [4.78, 5) is 29.9. The van der Waals surface area contributed by atoms with Gasteiger partial charge in [-0.3, -0.25) is 4.79 Å². The molecule has 5 rings (SSSR count). The summed E-state index contributed by atoms with van der Waals surface area (Å²) in [5.74, 6) is 0.253. The van der Waals surface area contributed by atoms with E-state index in [2.05, 4.69) is 27.1 Å². The van der Waals surface area contributed by atoms with Gasteiger partial charge in [0.2, 0.25) is 0 Å². The lowest BCUT2D eigenvalue weighted by atomic mass is 9.99. The van der Waals surface area contributed by atoms with Crippen LogP contribution in [0, 0.1) is 0 Å². The lowest BCUT2D eigenvalue weighted by Crippen LogP contribution is -2.10. The number of aromatic nitrogens is 2. The van der Waals surface area contributed by atoms with Crippen molar-refractivity contribution in [3.05, 3.63) is 102 Å². The van der Waals surface area contributed by atoms with E-state index in [1.165, 1.54) is 0 Å². The first kappa shape index (κ1) is 23.1. The molecule has 2 heterocycles. The summed E-state index contributed by atoms with van der Waals surface area (Å²) in [6.45, 7) is 4.97. The molecule has 0 spiro atoms. The number of anilines is 2. The average molecular weight is 479 g/mol. The van der Waals surface area contributed by atoms with E-state index in [9.17, 15) is 9.59 Å². The van der Waals surface area contributed by atoms with E-state index in [1.807, 2.05) is 60.8 Å². The van der Waals surface area contributed by atoms with E-state index < -0.39 is 5.97 Å². The number of imidazole rings is 1. The van der Waals surface area contributed by atoms with Gasteiger partial charge in [-0.05, 0) is 55.8 Å². The number of hydrogen-bond donors (Lipinski definition) is 2. The summed E-state index contributed by atoms with van der Waals surface area (Å²) < 4.78 is 7.19. The highest BCUT2D eigenvalue weighted by Gasteiger charge is 2.29. The number of esters is 1. The SMILES string of the molecule is CCOC(=O)c1ccc2c(c1)NC(=O)C2=C(Nc1ccc(-c2nccn2CC)cc1)c1ccccc1. The Morgan fingerprint density at radius 2 is 1.78 bits per heavy atom. The number of benzene rings is 3. The molecule has 0 saturated heterocycles. The van der Waals surface area contributed by atoms with Crippen LogP contribution in [0.4, 0.5) is 11.4 Å². The van der Waals surface area contributed by atoms with E-state index in [4.69, 9.17) is 4.74 Å². The molecule has 0 bridgehead atoms. The van der Waals surface area contributed by atoms with Gasteiger partial charge in [0.05, 0.1) is 29.1 Å². The Morgan fingerprint density at radius 1 is 1.00 bits per heavy atom. The summed E-state index contributed by atoms with van der Waals surface area (Å²) >= 11 is 0. The fraction of sp³-hybridized carbons (Fsp3) is 0.138. The normalized spacial score (nSPS) is 13.7. The molecule has 1 aromatic heterocycles. The van der Waals surface area contributed by atoms with E-state index in [-0.39, 0.29) is 12.5 Å². The van der Waals surface area contributed by atoms with Crippen LogP contribution in [0.5, 0.6) is 0 Å². The predicted octanol–water partition coefficient (Wildman–Crippen LogP) is 5.68. The second-order valence-electron chi connectivity index (χ2n) is 8.29.